The number of nitrogens with two attached hydrogens (primary N) is 1. The van der Waals surface area contributed by atoms with Gasteiger partial charge in [-0.3, -0.25) is 14.4 Å². The number of piperidine rings is 1. The highest BCUT2D eigenvalue weighted by molar-refractivity contribution is 6.22. The maximum Gasteiger partial charge on any atom is 0.255 e. The Hall–Kier alpha value is -3.41. The van der Waals surface area contributed by atoms with Crippen LogP contribution in [0.25, 0.3) is 5.76 Å². The normalized spacial score (nSPS) is 27.3. The third kappa shape index (κ3) is 4.29. The maximum atomic E-state index is 13.7. The highest BCUT2D eigenvalue weighted by atomic mass is 16.3. The van der Waals surface area contributed by atoms with Crippen molar-refractivity contribution in [3.05, 3.63) is 39.7 Å². The van der Waals surface area contributed by atoms with Crippen LogP contribution in [0.5, 0.6) is 5.75 Å². The number of primary amides is 1. The lowest BCUT2D eigenvalue weighted by Gasteiger charge is -2.46. The number of ketones is 2. The van der Waals surface area contributed by atoms with Gasteiger partial charge in [-0.25, -0.2) is 0 Å². The first-order chi connectivity index (χ1) is 18.5. The predicted octanol–water partition coefficient (Wildman–Crippen LogP) is 0.579. The summed E-state index contributed by atoms with van der Waals surface area (Å²) in [5.74, 6) is -5.68. The van der Waals surface area contributed by atoms with E-state index in [4.69, 9.17) is 5.73 Å². The summed E-state index contributed by atoms with van der Waals surface area (Å²) in [6.45, 7) is 3.09. The van der Waals surface area contributed by atoms with Crippen molar-refractivity contribution in [2.24, 2.45) is 23.5 Å². The fourth-order valence-corrected chi connectivity index (χ4v) is 6.75. The average Bonchev–Trinajstić information content (AvgIpc) is 2.87. The number of fused-ring (bicyclic) bond motifs is 3. The third-order valence-electron chi connectivity index (χ3n) is 8.81. The van der Waals surface area contributed by atoms with Gasteiger partial charge < -0.3 is 41.7 Å². The molecule has 210 valence electrons. The van der Waals surface area contributed by atoms with Crippen molar-refractivity contribution >= 4 is 28.9 Å². The van der Waals surface area contributed by atoms with Gasteiger partial charge >= 0.3 is 0 Å². The van der Waals surface area contributed by atoms with Crippen molar-refractivity contribution in [1.82, 2.24) is 10.6 Å². The van der Waals surface area contributed by atoms with E-state index in [-0.39, 0.29) is 36.1 Å². The van der Waals surface area contributed by atoms with Crippen LogP contribution >= 0.6 is 0 Å². The number of carbonyl (C=O) groups is 3. The molecule has 11 heteroatoms. The molecule has 5 rings (SSSR count). The quantitative estimate of drug-likeness (QED) is 0.252. The number of Topliss-reactive ketones (excluding diaryl/α,β-unsaturated/α-hetero) is 2. The van der Waals surface area contributed by atoms with Gasteiger partial charge in [0, 0.05) is 49.8 Å². The monoisotopic (exact) mass is 540 g/mol. The minimum absolute atomic E-state index is 0.107. The Bertz CT molecular complexity index is 1310. The number of aliphatic hydroxyl groups is 3. The minimum atomic E-state index is -2.57. The van der Waals surface area contributed by atoms with E-state index in [1.807, 2.05) is 25.1 Å². The van der Waals surface area contributed by atoms with Crippen molar-refractivity contribution in [2.45, 2.75) is 44.2 Å². The number of benzene rings is 1. The number of aliphatic hydroxyl groups excluding tert-OH is 2. The van der Waals surface area contributed by atoms with E-state index in [1.165, 1.54) is 0 Å². The lowest BCUT2D eigenvalue weighted by molar-refractivity contribution is -0.147. The molecule has 0 unspecified atom stereocenters. The fraction of sp³-hybridized carbons (Fsp3) is 0.536. The standard InChI is InChI=1S/C28H36N4O7/c1-32(2)18-9-15(12-31-11-13-3-5-30-6-4-13)23(34)21-17(18)8-14-7-16-10-19(33)22(27(29)38)26(37)28(16,39)25(36)20(14)24(21)35/h9,13-14,16,30-31,34-35,37,39H,3-8,10-12H2,1-2H3,(H2,29,38)/t14-,16+,28+/m1/s1. The molecule has 1 saturated heterocycles. The molecular formula is C28H36N4O7. The number of phenols is 1. The Morgan fingerprint density at radius 3 is 2.51 bits per heavy atom. The molecule has 2 fully saturated rings. The summed E-state index contributed by atoms with van der Waals surface area (Å²) in [6, 6.07) is 1.88. The molecule has 1 aromatic rings. The molecule has 0 radical (unpaired) electrons. The Balaban J connectivity index is 1.56. The summed E-state index contributed by atoms with van der Waals surface area (Å²) >= 11 is 0. The van der Waals surface area contributed by atoms with Crippen LogP contribution in [-0.4, -0.2) is 77.2 Å². The number of rotatable bonds is 6. The van der Waals surface area contributed by atoms with Crippen LogP contribution in [-0.2, 0) is 27.3 Å². The number of hydrogen-bond acceptors (Lipinski definition) is 10. The number of hydrogen-bond donors (Lipinski definition) is 7. The zero-order chi connectivity index (χ0) is 28.2. The zero-order valence-corrected chi connectivity index (χ0v) is 22.2. The van der Waals surface area contributed by atoms with Crippen LogP contribution < -0.4 is 21.3 Å². The lowest BCUT2D eigenvalue weighted by Crippen LogP contribution is -2.58. The number of phenolic OH excluding ortho intramolecular Hbond substituents is 1. The number of anilines is 1. The largest absolute Gasteiger partial charge is 0.508 e. The van der Waals surface area contributed by atoms with Gasteiger partial charge in [0.2, 0.25) is 5.78 Å². The number of nitrogens with zero attached hydrogens (tertiary/aromatic N) is 1. The van der Waals surface area contributed by atoms with E-state index in [0.717, 1.165) is 38.2 Å². The molecule has 4 aliphatic rings. The first-order valence-electron chi connectivity index (χ1n) is 13.4. The van der Waals surface area contributed by atoms with Crippen molar-refractivity contribution in [1.29, 1.82) is 0 Å². The number of aromatic hydroxyl groups is 1. The molecule has 39 heavy (non-hydrogen) atoms. The van der Waals surface area contributed by atoms with E-state index in [2.05, 4.69) is 10.6 Å². The lowest BCUT2D eigenvalue weighted by atomic mass is 9.59. The molecule has 1 saturated carbocycles. The summed E-state index contributed by atoms with van der Waals surface area (Å²) in [7, 11) is 3.71. The molecule has 1 aromatic carbocycles. The molecule has 1 amide bonds. The highest BCUT2D eigenvalue weighted by Crippen LogP contribution is 2.53. The second-order valence-corrected chi connectivity index (χ2v) is 11.4. The average molecular weight is 541 g/mol. The van der Waals surface area contributed by atoms with Gasteiger partial charge in [-0.15, -0.1) is 0 Å². The molecule has 3 atom stereocenters. The van der Waals surface area contributed by atoms with E-state index < -0.39 is 52.0 Å². The summed E-state index contributed by atoms with van der Waals surface area (Å²) in [6.07, 6.45) is 2.18. The molecular weight excluding hydrogens is 504 g/mol. The SMILES string of the molecule is CN(C)c1cc(CNCC2CCNCC2)c(O)c2c1C[C@H]1C[C@H]3CC(=O)C(C(N)=O)=C(O)[C@@]3(O)C(=O)C1=C2O. The first-order valence-corrected chi connectivity index (χ1v) is 13.4. The highest BCUT2D eigenvalue weighted by Gasteiger charge is 2.60. The summed E-state index contributed by atoms with van der Waals surface area (Å²) in [5.41, 5.74) is 3.87. The molecule has 1 heterocycles. The number of carbonyl (C=O) groups excluding carboxylic acids is 3. The molecule has 8 N–H and O–H groups in total. The molecule has 1 aliphatic heterocycles. The first kappa shape index (κ1) is 27.2. The van der Waals surface area contributed by atoms with Crippen molar-refractivity contribution in [2.75, 3.05) is 38.6 Å². The van der Waals surface area contributed by atoms with Crippen molar-refractivity contribution in [3.63, 3.8) is 0 Å². The molecule has 0 spiro atoms. The van der Waals surface area contributed by atoms with Gasteiger partial charge in [-0.1, -0.05) is 0 Å². The summed E-state index contributed by atoms with van der Waals surface area (Å²) < 4.78 is 0. The molecule has 3 aliphatic carbocycles. The van der Waals surface area contributed by atoms with Crippen LogP contribution in [0.3, 0.4) is 0 Å². The van der Waals surface area contributed by atoms with Crippen LogP contribution in [0.2, 0.25) is 0 Å². The van der Waals surface area contributed by atoms with Gasteiger partial charge in [-0.05, 0) is 68.8 Å². The van der Waals surface area contributed by atoms with E-state index in [0.29, 0.717) is 23.6 Å². The van der Waals surface area contributed by atoms with Crippen LogP contribution in [0.4, 0.5) is 5.69 Å². The van der Waals surface area contributed by atoms with Gasteiger partial charge in [0.05, 0.1) is 5.56 Å². The number of amides is 1. The van der Waals surface area contributed by atoms with Crippen LogP contribution in [0, 0.1) is 17.8 Å². The van der Waals surface area contributed by atoms with E-state index in [9.17, 15) is 34.8 Å². The molecule has 0 aromatic heterocycles. The fourth-order valence-electron chi connectivity index (χ4n) is 6.75. The van der Waals surface area contributed by atoms with E-state index >= 15 is 0 Å². The smallest absolute Gasteiger partial charge is 0.255 e. The van der Waals surface area contributed by atoms with Crippen molar-refractivity contribution in [3.8, 4) is 5.75 Å². The molecule has 0 bridgehead atoms. The topological polar surface area (TPSA) is 185 Å². The van der Waals surface area contributed by atoms with Crippen LogP contribution in [0.1, 0.15) is 42.4 Å². The Morgan fingerprint density at radius 2 is 1.87 bits per heavy atom. The Kier molecular flexibility index (Phi) is 6.94. The summed E-state index contributed by atoms with van der Waals surface area (Å²) in [4.78, 5) is 40.0. The van der Waals surface area contributed by atoms with Gasteiger partial charge in [0.15, 0.2) is 11.4 Å². The van der Waals surface area contributed by atoms with Gasteiger partial charge in [0.25, 0.3) is 5.91 Å². The summed E-state index contributed by atoms with van der Waals surface area (Å²) in [5, 5.41) is 51.7. The number of nitrogens with one attached hydrogen (secondary N) is 2. The van der Waals surface area contributed by atoms with Gasteiger partial charge in [-0.2, -0.15) is 0 Å². The maximum absolute atomic E-state index is 13.7. The predicted molar refractivity (Wildman–Crippen MR) is 143 cm³/mol. The second kappa shape index (κ2) is 9.96. The van der Waals surface area contributed by atoms with Gasteiger partial charge in [0.1, 0.15) is 22.8 Å². The second-order valence-electron chi connectivity index (χ2n) is 11.4. The van der Waals surface area contributed by atoms with Crippen LogP contribution in [0.15, 0.2) is 23.0 Å². The van der Waals surface area contributed by atoms with E-state index in [1.54, 1.807) is 0 Å². The minimum Gasteiger partial charge on any atom is -0.508 e. The third-order valence-corrected chi connectivity index (χ3v) is 8.81. The Morgan fingerprint density at radius 1 is 1.18 bits per heavy atom. The van der Waals surface area contributed by atoms with Crippen molar-refractivity contribution < 1.29 is 34.8 Å². The Labute approximate surface area is 226 Å². The molecule has 11 nitrogen and oxygen atoms in total. The zero-order valence-electron chi connectivity index (χ0n) is 22.2.